The van der Waals surface area contributed by atoms with Gasteiger partial charge in [0.25, 0.3) is 0 Å². The number of rotatable bonds is 5. The fourth-order valence-electron chi connectivity index (χ4n) is 3.28. The highest BCUT2D eigenvalue weighted by molar-refractivity contribution is 7.17. The number of hydrogen-bond donors (Lipinski definition) is 3. The van der Waals surface area contributed by atoms with E-state index in [1.54, 1.807) is 23.9 Å². The molecule has 0 saturated heterocycles. The summed E-state index contributed by atoms with van der Waals surface area (Å²) in [6.45, 7) is 0. The van der Waals surface area contributed by atoms with Crippen LogP contribution < -0.4 is 5.32 Å². The van der Waals surface area contributed by atoms with Gasteiger partial charge >= 0.3 is 6.09 Å². The number of thiazole rings is 1. The van der Waals surface area contributed by atoms with Gasteiger partial charge in [0.1, 0.15) is 28.6 Å². The summed E-state index contributed by atoms with van der Waals surface area (Å²) in [5, 5.41) is 29.8. The molecule has 0 bridgehead atoms. The molecule has 148 valence electrons. The maximum Gasteiger partial charge on any atom is 0.409 e. The summed E-state index contributed by atoms with van der Waals surface area (Å²) in [7, 11) is 0. The molecular weight excluding hydrogens is 399 g/mol. The third-order valence-corrected chi connectivity index (χ3v) is 6.05. The number of carboxylic acid groups (broad SMARTS) is 1. The van der Waals surface area contributed by atoms with Crippen LogP contribution in [0.1, 0.15) is 41.1 Å². The number of imidazole rings is 1. The molecule has 29 heavy (non-hydrogen) atoms. The molecule has 1 aromatic carbocycles. The van der Waals surface area contributed by atoms with Gasteiger partial charge in [-0.1, -0.05) is 5.21 Å². The molecular formula is C18H15FN6O3S. The van der Waals surface area contributed by atoms with Crippen molar-refractivity contribution in [3.05, 3.63) is 59.0 Å². The number of nitrogens with one attached hydrogen (secondary N) is 1. The fourth-order valence-corrected chi connectivity index (χ4v) is 4.58. The Balaban J connectivity index is 1.48. The van der Waals surface area contributed by atoms with Gasteiger partial charge in [-0.2, -0.15) is 0 Å². The van der Waals surface area contributed by atoms with Crippen LogP contribution in [0.2, 0.25) is 0 Å². The van der Waals surface area contributed by atoms with Gasteiger partial charge in [-0.3, -0.25) is 9.72 Å². The van der Waals surface area contributed by atoms with Gasteiger partial charge in [-0.25, -0.2) is 18.9 Å². The largest absolute Gasteiger partial charge is 0.465 e. The zero-order chi connectivity index (χ0) is 20.1. The highest BCUT2D eigenvalue weighted by Gasteiger charge is 2.33. The van der Waals surface area contributed by atoms with Crippen LogP contribution in [0, 0.1) is 5.82 Å². The van der Waals surface area contributed by atoms with Crippen molar-refractivity contribution in [2.24, 2.45) is 0 Å². The van der Waals surface area contributed by atoms with Gasteiger partial charge in [-0.15, -0.1) is 16.4 Å². The van der Waals surface area contributed by atoms with Gasteiger partial charge in [0, 0.05) is 10.6 Å². The van der Waals surface area contributed by atoms with Crippen LogP contribution in [0.4, 0.5) is 14.9 Å². The summed E-state index contributed by atoms with van der Waals surface area (Å²) in [6.07, 6.45) is 4.75. The summed E-state index contributed by atoms with van der Waals surface area (Å²) < 4.78 is 17.5. The SMILES string of the molecule is O=C(O)Nc1ccc(-n2cc(C(O)c3c(C4CC4)sc4cncn34)nn2)c(F)c1. The van der Waals surface area contributed by atoms with Crippen molar-refractivity contribution in [3.63, 3.8) is 0 Å². The molecule has 4 aromatic rings. The second-order valence-electron chi connectivity index (χ2n) is 6.81. The van der Waals surface area contributed by atoms with Crippen LogP contribution in [-0.2, 0) is 0 Å². The molecule has 1 fully saturated rings. The number of hydrogen-bond acceptors (Lipinski definition) is 6. The first-order valence-corrected chi connectivity index (χ1v) is 9.67. The minimum atomic E-state index is -1.28. The maximum atomic E-state index is 14.4. The second kappa shape index (κ2) is 6.64. The van der Waals surface area contributed by atoms with Crippen LogP contribution in [0.3, 0.4) is 0 Å². The topological polar surface area (TPSA) is 118 Å². The molecule has 1 unspecified atom stereocenters. The number of halogens is 1. The summed E-state index contributed by atoms with van der Waals surface area (Å²) >= 11 is 1.61. The number of aromatic nitrogens is 5. The second-order valence-corrected chi connectivity index (χ2v) is 7.88. The first kappa shape index (κ1) is 17.8. The Hall–Kier alpha value is -3.31. The molecule has 3 N–H and O–H groups in total. The zero-order valence-corrected chi connectivity index (χ0v) is 15.7. The van der Waals surface area contributed by atoms with E-state index in [1.165, 1.54) is 23.0 Å². The third kappa shape index (κ3) is 3.13. The average Bonchev–Trinajstić information content (AvgIpc) is 3.09. The third-order valence-electron chi connectivity index (χ3n) is 4.78. The number of aliphatic hydroxyl groups excluding tert-OH is 1. The molecule has 1 amide bonds. The smallest absolute Gasteiger partial charge is 0.409 e. The quantitative estimate of drug-likeness (QED) is 0.462. The van der Waals surface area contributed by atoms with E-state index < -0.39 is 18.0 Å². The van der Waals surface area contributed by atoms with Crippen molar-refractivity contribution in [1.82, 2.24) is 24.4 Å². The lowest BCUT2D eigenvalue weighted by Gasteiger charge is -2.09. The lowest BCUT2D eigenvalue weighted by Crippen LogP contribution is -2.08. The number of benzene rings is 1. The first-order chi connectivity index (χ1) is 14.0. The van der Waals surface area contributed by atoms with E-state index in [0.717, 1.165) is 34.3 Å². The fraction of sp³-hybridized carbons (Fsp3) is 0.222. The van der Waals surface area contributed by atoms with Gasteiger partial charge in [0.15, 0.2) is 5.82 Å². The van der Waals surface area contributed by atoms with Crippen molar-refractivity contribution in [1.29, 1.82) is 0 Å². The van der Waals surface area contributed by atoms with Crippen LogP contribution in [-0.4, -0.2) is 40.7 Å². The standard InChI is InChI=1S/C18H15FN6O3S/c19-11-5-10(21-18(27)28)3-4-13(11)25-7-12(22-23-25)16(26)15-17(9-1-2-9)29-14-6-20-8-24(14)15/h3-9,16,21,26H,1-2H2,(H,27,28). The van der Waals surface area contributed by atoms with E-state index in [1.807, 2.05) is 4.40 Å². The molecule has 3 aromatic heterocycles. The highest BCUT2D eigenvalue weighted by atomic mass is 32.1. The van der Waals surface area contributed by atoms with E-state index in [4.69, 9.17) is 5.11 Å². The monoisotopic (exact) mass is 414 g/mol. The van der Waals surface area contributed by atoms with E-state index in [0.29, 0.717) is 5.92 Å². The Bertz CT molecular complexity index is 1230. The van der Waals surface area contributed by atoms with E-state index in [2.05, 4.69) is 20.6 Å². The van der Waals surface area contributed by atoms with Gasteiger partial charge in [-0.05, 0) is 37.0 Å². The van der Waals surface area contributed by atoms with E-state index in [9.17, 15) is 14.3 Å². The van der Waals surface area contributed by atoms with Crippen molar-refractivity contribution >= 4 is 27.9 Å². The lowest BCUT2D eigenvalue weighted by atomic mass is 10.1. The molecule has 1 aliphatic rings. The van der Waals surface area contributed by atoms with Gasteiger partial charge in [0.2, 0.25) is 0 Å². The summed E-state index contributed by atoms with van der Waals surface area (Å²) in [4.78, 5) is 16.9. The molecule has 0 aliphatic heterocycles. The average molecular weight is 414 g/mol. The van der Waals surface area contributed by atoms with Crippen LogP contribution in [0.15, 0.2) is 36.9 Å². The number of nitrogens with zero attached hydrogens (tertiary/aromatic N) is 5. The Labute approximate surface area is 167 Å². The molecule has 0 spiro atoms. The number of carbonyl (C=O) groups is 1. The predicted octanol–water partition coefficient (Wildman–Crippen LogP) is 3.16. The molecule has 1 atom stereocenters. The minimum absolute atomic E-state index is 0.0902. The van der Waals surface area contributed by atoms with Crippen LogP contribution >= 0.6 is 11.3 Å². The van der Waals surface area contributed by atoms with Crippen LogP contribution in [0.5, 0.6) is 0 Å². The summed E-state index contributed by atoms with van der Waals surface area (Å²) in [6, 6.07) is 3.86. The molecule has 0 radical (unpaired) electrons. The van der Waals surface area contributed by atoms with Crippen molar-refractivity contribution < 1.29 is 19.4 Å². The lowest BCUT2D eigenvalue weighted by molar-refractivity contribution is 0.208. The van der Waals surface area contributed by atoms with E-state index in [-0.39, 0.29) is 17.1 Å². The molecule has 5 rings (SSSR count). The summed E-state index contributed by atoms with van der Waals surface area (Å²) in [5.74, 6) is -0.236. The molecule has 1 saturated carbocycles. The predicted molar refractivity (Wildman–Crippen MR) is 102 cm³/mol. The van der Waals surface area contributed by atoms with Gasteiger partial charge in [0.05, 0.1) is 18.1 Å². The number of anilines is 1. The molecule has 11 heteroatoms. The first-order valence-electron chi connectivity index (χ1n) is 8.86. The Kier molecular flexibility index (Phi) is 4.07. The maximum absolute atomic E-state index is 14.4. The summed E-state index contributed by atoms with van der Waals surface area (Å²) in [5.41, 5.74) is 1.20. The van der Waals surface area contributed by atoms with E-state index >= 15 is 0 Å². The van der Waals surface area contributed by atoms with Crippen molar-refractivity contribution in [2.45, 2.75) is 24.9 Å². The normalized spacial score (nSPS) is 15.0. The Morgan fingerprint density at radius 1 is 1.38 bits per heavy atom. The van der Waals surface area contributed by atoms with Gasteiger partial charge < -0.3 is 10.2 Å². The van der Waals surface area contributed by atoms with Crippen molar-refractivity contribution in [3.8, 4) is 5.69 Å². The van der Waals surface area contributed by atoms with Crippen LogP contribution in [0.25, 0.3) is 10.5 Å². The highest BCUT2D eigenvalue weighted by Crippen LogP contribution is 2.47. The number of amides is 1. The number of aliphatic hydroxyl groups is 1. The number of fused-ring (bicyclic) bond motifs is 1. The molecule has 3 heterocycles. The Morgan fingerprint density at radius 2 is 2.21 bits per heavy atom. The Morgan fingerprint density at radius 3 is 2.93 bits per heavy atom. The molecule has 9 nitrogen and oxygen atoms in total. The molecule has 1 aliphatic carbocycles. The zero-order valence-electron chi connectivity index (χ0n) is 14.9. The van der Waals surface area contributed by atoms with Crippen molar-refractivity contribution in [2.75, 3.05) is 5.32 Å². The minimum Gasteiger partial charge on any atom is -0.465 e.